The van der Waals surface area contributed by atoms with Gasteiger partial charge in [0.25, 0.3) is 5.91 Å². The summed E-state index contributed by atoms with van der Waals surface area (Å²) < 4.78 is 18.0. The van der Waals surface area contributed by atoms with E-state index in [-0.39, 0.29) is 29.4 Å². The van der Waals surface area contributed by atoms with Crippen molar-refractivity contribution < 1.29 is 18.8 Å². The van der Waals surface area contributed by atoms with Gasteiger partial charge in [-0.3, -0.25) is 4.79 Å². The molecule has 5 nitrogen and oxygen atoms in total. The van der Waals surface area contributed by atoms with Crippen molar-refractivity contribution in [1.29, 1.82) is 0 Å². The van der Waals surface area contributed by atoms with Crippen LogP contribution in [0.1, 0.15) is 23.3 Å². The van der Waals surface area contributed by atoms with Crippen molar-refractivity contribution in [2.45, 2.75) is 12.8 Å². The lowest BCUT2D eigenvalue weighted by Crippen LogP contribution is -2.32. The van der Waals surface area contributed by atoms with E-state index in [4.69, 9.17) is 4.52 Å². The van der Waals surface area contributed by atoms with Crippen LogP contribution in [0.25, 0.3) is 11.3 Å². The van der Waals surface area contributed by atoms with Gasteiger partial charge in [0.05, 0.1) is 6.61 Å². The maximum absolute atomic E-state index is 12.9. The first-order chi connectivity index (χ1) is 10.1. The molecule has 1 aliphatic rings. The predicted molar refractivity (Wildman–Crippen MR) is 73.0 cm³/mol. The van der Waals surface area contributed by atoms with E-state index in [2.05, 4.69) is 10.5 Å². The van der Waals surface area contributed by atoms with Gasteiger partial charge in [0.15, 0.2) is 11.5 Å². The van der Waals surface area contributed by atoms with E-state index in [9.17, 15) is 14.3 Å². The van der Waals surface area contributed by atoms with Crippen LogP contribution in [0.2, 0.25) is 0 Å². The topological polar surface area (TPSA) is 75.4 Å². The fraction of sp³-hybridized carbons (Fsp3) is 0.333. The molecule has 1 amide bonds. The molecule has 0 atom stereocenters. The number of halogens is 1. The largest absolute Gasteiger partial charge is 0.396 e. The van der Waals surface area contributed by atoms with E-state index in [1.165, 1.54) is 18.2 Å². The van der Waals surface area contributed by atoms with Crippen LogP contribution in [0, 0.1) is 11.2 Å². The maximum atomic E-state index is 12.9. The Kier molecular flexibility index (Phi) is 3.47. The van der Waals surface area contributed by atoms with Gasteiger partial charge in [-0.15, -0.1) is 0 Å². The molecule has 0 bridgehead atoms. The van der Waals surface area contributed by atoms with Gasteiger partial charge in [0.1, 0.15) is 5.82 Å². The molecule has 6 heteroatoms. The molecule has 1 aromatic carbocycles. The van der Waals surface area contributed by atoms with Crippen LogP contribution in [0.3, 0.4) is 0 Å². The van der Waals surface area contributed by atoms with Crippen LogP contribution in [0.5, 0.6) is 0 Å². The van der Waals surface area contributed by atoms with Gasteiger partial charge >= 0.3 is 0 Å². The molecule has 0 spiro atoms. The molecule has 2 aromatic rings. The third-order valence-electron chi connectivity index (χ3n) is 3.79. The minimum Gasteiger partial charge on any atom is -0.396 e. The minimum atomic E-state index is -0.341. The van der Waals surface area contributed by atoms with Crippen molar-refractivity contribution in [3.05, 3.63) is 41.8 Å². The summed E-state index contributed by atoms with van der Waals surface area (Å²) >= 11 is 0. The molecule has 2 N–H and O–H groups in total. The number of hydrogen-bond acceptors (Lipinski definition) is 4. The molecule has 0 unspecified atom stereocenters. The Hall–Kier alpha value is -2.21. The molecule has 1 heterocycles. The summed E-state index contributed by atoms with van der Waals surface area (Å²) in [5, 5.41) is 15.7. The first-order valence-electron chi connectivity index (χ1n) is 6.74. The third-order valence-corrected chi connectivity index (χ3v) is 3.79. The maximum Gasteiger partial charge on any atom is 0.273 e. The van der Waals surface area contributed by atoms with E-state index < -0.39 is 0 Å². The summed E-state index contributed by atoms with van der Waals surface area (Å²) in [6.45, 7) is 0.508. The lowest BCUT2D eigenvalue weighted by Gasteiger charge is -2.11. The van der Waals surface area contributed by atoms with Gasteiger partial charge in [-0.05, 0) is 37.1 Å². The van der Waals surface area contributed by atoms with Crippen molar-refractivity contribution in [1.82, 2.24) is 10.5 Å². The number of benzene rings is 1. The predicted octanol–water partition coefficient (Wildman–Crippen LogP) is 1.98. The normalized spacial score (nSPS) is 15.7. The van der Waals surface area contributed by atoms with Gasteiger partial charge in [-0.2, -0.15) is 0 Å². The Morgan fingerprint density at radius 3 is 2.71 bits per heavy atom. The molecule has 110 valence electrons. The Morgan fingerprint density at radius 2 is 2.10 bits per heavy atom. The number of aliphatic hydroxyl groups excluding tert-OH is 1. The number of carbonyl (C=O) groups is 1. The molecular weight excluding hydrogens is 275 g/mol. The van der Waals surface area contributed by atoms with E-state index in [0.29, 0.717) is 17.9 Å². The second-order valence-corrected chi connectivity index (χ2v) is 5.42. The fourth-order valence-corrected chi connectivity index (χ4v) is 2.06. The zero-order valence-electron chi connectivity index (χ0n) is 11.3. The van der Waals surface area contributed by atoms with Crippen molar-refractivity contribution in [3.8, 4) is 11.3 Å². The number of nitrogens with zero attached hydrogens (tertiary/aromatic N) is 1. The number of amides is 1. The van der Waals surface area contributed by atoms with Crippen LogP contribution in [-0.2, 0) is 0 Å². The molecule has 1 aromatic heterocycles. The number of aliphatic hydroxyl groups is 1. The van der Waals surface area contributed by atoms with E-state index in [0.717, 1.165) is 12.8 Å². The number of hydrogen-bond donors (Lipinski definition) is 2. The fourth-order valence-electron chi connectivity index (χ4n) is 2.06. The highest BCUT2D eigenvalue weighted by molar-refractivity contribution is 5.93. The second-order valence-electron chi connectivity index (χ2n) is 5.42. The quantitative estimate of drug-likeness (QED) is 0.883. The van der Waals surface area contributed by atoms with E-state index in [1.807, 2.05) is 0 Å². The second kappa shape index (κ2) is 5.29. The highest BCUT2D eigenvalue weighted by atomic mass is 19.1. The van der Waals surface area contributed by atoms with Gasteiger partial charge in [-0.1, -0.05) is 5.16 Å². The highest BCUT2D eigenvalue weighted by Gasteiger charge is 2.42. The van der Waals surface area contributed by atoms with Gasteiger partial charge < -0.3 is 14.9 Å². The summed E-state index contributed by atoms with van der Waals surface area (Å²) in [6, 6.07) is 7.26. The number of rotatable bonds is 5. The lowest BCUT2D eigenvalue weighted by atomic mass is 10.1. The standard InChI is InChI=1S/C15H15FN2O3/c16-11-3-1-10(2-4-11)13-7-12(18-21-13)14(20)17-8-15(9-19)5-6-15/h1-4,7,19H,5-6,8-9H2,(H,17,20). The zero-order valence-corrected chi connectivity index (χ0v) is 11.3. The lowest BCUT2D eigenvalue weighted by molar-refractivity contribution is 0.0926. The summed E-state index contributed by atoms with van der Waals surface area (Å²) in [5.41, 5.74) is 0.666. The van der Waals surface area contributed by atoms with Crippen molar-refractivity contribution in [2.75, 3.05) is 13.2 Å². The first kappa shape index (κ1) is 13.8. The summed E-state index contributed by atoms with van der Waals surface area (Å²) in [4.78, 5) is 12.0. The van der Waals surface area contributed by atoms with Crippen LogP contribution in [0.15, 0.2) is 34.9 Å². The Balaban J connectivity index is 1.66. The van der Waals surface area contributed by atoms with Crippen molar-refractivity contribution in [3.63, 3.8) is 0 Å². The number of carbonyl (C=O) groups excluding carboxylic acids is 1. The molecule has 3 rings (SSSR count). The summed E-state index contributed by atoms with van der Waals surface area (Å²) in [5.74, 6) is -0.273. The zero-order chi connectivity index (χ0) is 14.9. The summed E-state index contributed by atoms with van der Waals surface area (Å²) in [7, 11) is 0. The first-order valence-corrected chi connectivity index (χ1v) is 6.74. The molecule has 1 saturated carbocycles. The molecule has 0 aliphatic heterocycles. The molecule has 0 radical (unpaired) electrons. The van der Waals surface area contributed by atoms with Gasteiger partial charge in [0, 0.05) is 23.6 Å². The third kappa shape index (κ3) is 2.95. The SMILES string of the molecule is O=C(NCC1(CO)CC1)c1cc(-c2ccc(F)cc2)on1. The average Bonchev–Trinajstić information content (AvgIpc) is 3.12. The number of nitrogens with one attached hydrogen (secondary N) is 1. The smallest absolute Gasteiger partial charge is 0.273 e. The van der Waals surface area contributed by atoms with E-state index >= 15 is 0 Å². The average molecular weight is 290 g/mol. The molecule has 21 heavy (non-hydrogen) atoms. The molecule has 0 saturated heterocycles. The molecule has 1 aliphatic carbocycles. The van der Waals surface area contributed by atoms with Gasteiger partial charge in [-0.25, -0.2) is 4.39 Å². The highest BCUT2D eigenvalue weighted by Crippen LogP contribution is 2.44. The van der Waals surface area contributed by atoms with Crippen molar-refractivity contribution in [2.24, 2.45) is 5.41 Å². The Morgan fingerprint density at radius 1 is 1.38 bits per heavy atom. The number of aromatic nitrogens is 1. The Bertz CT molecular complexity index is 647. The minimum absolute atomic E-state index is 0.0763. The van der Waals surface area contributed by atoms with Crippen LogP contribution >= 0.6 is 0 Å². The van der Waals surface area contributed by atoms with Gasteiger partial charge in [0.2, 0.25) is 0 Å². The van der Waals surface area contributed by atoms with E-state index in [1.54, 1.807) is 12.1 Å². The van der Waals surface area contributed by atoms with Crippen LogP contribution < -0.4 is 5.32 Å². The van der Waals surface area contributed by atoms with Crippen LogP contribution in [-0.4, -0.2) is 29.3 Å². The molecule has 1 fully saturated rings. The Labute approximate surface area is 120 Å². The molecular formula is C15H15FN2O3. The van der Waals surface area contributed by atoms with Crippen LogP contribution in [0.4, 0.5) is 4.39 Å². The monoisotopic (exact) mass is 290 g/mol. The van der Waals surface area contributed by atoms with Crippen molar-refractivity contribution >= 4 is 5.91 Å². The summed E-state index contributed by atoms with van der Waals surface area (Å²) in [6.07, 6.45) is 1.84.